The van der Waals surface area contributed by atoms with E-state index in [1.165, 1.54) is 12.8 Å². The minimum atomic E-state index is -0.0539. The van der Waals surface area contributed by atoms with Crippen molar-refractivity contribution in [3.8, 4) is 0 Å². The lowest BCUT2D eigenvalue weighted by Crippen LogP contribution is -2.17. The van der Waals surface area contributed by atoms with E-state index in [1.54, 1.807) is 0 Å². The molecule has 0 unspecified atom stereocenters. The Morgan fingerprint density at radius 3 is 1.33 bits per heavy atom. The van der Waals surface area contributed by atoms with Crippen LogP contribution < -0.4 is 0 Å². The SMILES string of the molecule is C=C[C@@H]1CCC[C@H](O)C1.C=C[C@H]1CCC[C@@H](O)C1. The van der Waals surface area contributed by atoms with Gasteiger partial charge in [0.2, 0.25) is 0 Å². The van der Waals surface area contributed by atoms with Gasteiger partial charge in [0.15, 0.2) is 0 Å². The molecule has 0 aromatic carbocycles. The maximum atomic E-state index is 9.16. The number of aliphatic hydroxyl groups excluding tert-OH is 2. The van der Waals surface area contributed by atoms with Gasteiger partial charge in [-0.3, -0.25) is 0 Å². The summed E-state index contributed by atoms with van der Waals surface area (Å²) in [4.78, 5) is 0. The summed E-state index contributed by atoms with van der Waals surface area (Å²) in [5, 5.41) is 18.3. The standard InChI is InChI=1S/2C8H14O/c2*1-2-7-4-3-5-8(9)6-7/h2*2,7-9H,1,3-6H2/t2*7-,8+/m10/s1. The third-order valence-corrected chi connectivity index (χ3v) is 4.04. The highest BCUT2D eigenvalue weighted by Crippen LogP contribution is 2.25. The molecular formula is C16H28O2. The van der Waals surface area contributed by atoms with Crippen molar-refractivity contribution in [1.29, 1.82) is 0 Å². The molecule has 0 aromatic rings. The summed E-state index contributed by atoms with van der Waals surface area (Å²) < 4.78 is 0. The van der Waals surface area contributed by atoms with Gasteiger partial charge in [-0.25, -0.2) is 0 Å². The van der Waals surface area contributed by atoms with Crippen molar-refractivity contribution < 1.29 is 10.2 Å². The minimum Gasteiger partial charge on any atom is -0.393 e. The number of allylic oxidation sites excluding steroid dienone is 2. The molecule has 0 saturated heterocycles. The molecule has 0 heterocycles. The number of hydrogen-bond acceptors (Lipinski definition) is 2. The fourth-order valence-corrected chi connectivity index (χ4v) is 2.83. The van der Waals surface area contributed by atoms with E-state index in [4.69, 9.17) is 10.2 Å². The summed E-state index contributed by atoms with van der Waals surface area (Å²) in [5.41, 5.74) is 0. The molecule has 104 valence electrons. The second-order valence-corrected chi connectivity index (χ2v) is 5.63. The maximum Gasteiger partial charge on any atom is 0.0545 e. The average Bonchev–Trinajstić information content (AvgIpc) is 2.39. The molecule has 18 heavy (non-hydrogen) atoms. The quantitative estimate of drug-likeness (QED) is 0.739. The second-order valence-electron chi connectivity index (χ2n) is 5.63. The van der Waals surface area contributed by atoms with E-state index in [0.29, 0.717) is 11.8 Å². The first kappa shape index (κ1) is 15.5. The van der Waals surface area contributed by atoms with Crippen LogP contribution in [0.3, 0.4) is 0 Å². The zero-order chi connectivity index (χ0) is 13.4. The van der Waals surface area contributed by atoms with Crippen molar-refractivity contribution in [1.82, 2.24) is 0 Å². The van der Waals surface area contributed by atoms with Crippen LogP contribution in [0.4, 0.5) is 0 Å². The fourth-order valence-electron chi connectivity index (χ4n) is 2.83. The zero-order valence-corrected chi connectivity index (χ0v) is 11.4. The Labute approximate surface area is 111 Å². The van der Waals surface area contributed by atoms with E-state index in [2.05, 4.69) is 13.2 Å². The lowest BCUT2D eigenvalue weighted by molar-refractivity contribution is 0.113. The smallest absolute Gasteiger partial charge is 0.0545 e. The average molecular weight is 252 g/mol. The second kappa shape index (κ2) is 8.49. The predicted molar refractivity (Wildman–Crippen MR) is 76.3 cm³/mol. The molecule has 2 aliphatic carbocycles. The molecule has 0 radical (unpaired) electrons. The summed E-state index contributed by atoms with van der Waals surface area (Å²) in [6.45, 7) is 7.42. The Hall–Kier alpha value is -0.600. The summed E-state index contributed by atoms with van der Waals surface area (Å²) in [6.07, 6.45) is 12.4. The molecule has 2 heteroatoms. The molecule has 0 bridgehead atoms. The summed E-state index contributed by atoms with van der Waals surface area (Å²) >= 11 is 0. The molecule has 2 nitrogen and oxygen atoms in total. The van der Waals surface area contributed by atoms with Crippen LogP contribution in [0.25, 0.3) is 0 Å². The van der Waals surface area contributed by atoms with Gasteiger partial charge in [0.1, 0.15) is 0 Å². The van der Waals surface area contributed by atoms with Crippen LogP contribution in [-0.4, -0.2) is 22.4 Å². The molecule has 0 spiro atoms. The van der Waals surface area contributed by atoms with Crippen LogP contribution in [0, 0.1) is 11.8 Å². The lowest BCUT2D eigenvalue weighted by atomic mass is 9.87. The monoisotopic (exact) mass is 252 g/mol. The first-order chi connectivity index (χ1) is 8.65. The summed E-state index contributed by atoms with van der Waals surface area (Å²) in [7, 11) is 0. The third kappa shape index (κ3) is 5.83. The van der Waals surface area contributed by atoms with Crippen LogP contribution >= 0.6 is 0 Å². The zero-order valence-electron chi connectivity index (χ0n) is 11.4. The normalized spacial score (nSPS) is 36.1. The molecule has 0 aromatic heterocycles. The number of hydrogen-bond donors (Lipinski definition) is 2. The van der Waals surface area contributed by atoms with Gasteiger partial charge in [0.05, 0.1) is 12.2 Å². The molecule has 2 rings (SSSR count). The van der Waals surface area contributed by atoms with Crippen LogP contribution in [0.5, 0.6) is 0 Å². The van der Waals surface area contributed by atoms with Crippen molar-refractivity contribution in [2.75, 3.05) is 0 Å². The molecule has 2 aliphatic rings. The molecule has 2 N–H and O–H groups in total. The molecule has 4 atom stereocenters. The Morgan fingerprint density at radius 1 is 0.722 bits per heavy atom. The van der Waals surface area contributed by atoms with Crippen LogP contribution in [0.2, 0.25) is 0 Å². The highest BCUT2D eigenvalue weighted by molar-refractivity contribution is 4.85. The molecule has 0 aliphatic heterocycles. The maximum absolute atomic E-state index is 9.16. The van der Waals surface area contributed by atoms with Crippen molar-refractivity contribution in [2.24, 2.45) is 11.8 Å². The van der Waals surface area contributed by atoms with Gasteiger partial charge in [-0.1, -0.05) is 25.0 Å². The Balaban J connectivity index is 0.000000180. The van der Waals surface area contributed by atoms with E-state index in [0.717, 1.165) is 38.5 Å². The Morgan fingerprint density at radius 2 is 1.11 bits per heavy atom. The third-order valence-electron chi connectivity index (χ3n) is 4.04. The van der Waals surface area contributed by atoms with Crippen molar-refractivity contribution in [3.63, 3.8) is 0 Å². The van der Waals surface area contributed by atoms with Crippen LogP contribution in [0.15, 0.2) is 25.3 Å². The van der Waals surface area contributed by atoms with Gasteiger partial charge in [0, 0.05) is 0 Å². The fraction of sp³-hybridized carbons (Fsp3) is 0.750. The van der Waals surface area contributed by atoms with E-state index in [1.807, 2.05) is 12.2 Å². The highest BCUT2D eigenvalue weighted by Gasteiger charge is 2.17. The summed E-state index contributed by atoms with van der Waals surface area (Å²) in [6, 6.07) is 0. The predicted octanol–water partition coefficient (Wildman–Crippen LogP) is 3.45. The first-order valence-electron chi connectivity index (χ1n) is 7.27. The molecule has 2 saturated carbocycles. The van der Waals surface area contributed by atoms with E-state index in [-0.39, 0.29) is 12.2 Å². The largest absolute Gasteiger partial charge is 0.393 e. The van der Waals surface area contributed by atoms with E-state index in [9.17, 15) is 0 Å². The lowest BCUT2D eigenvalue weighted by Gasteiger charge is -2.22. The molecular weight excluding hydrogens is 224 g/mol. The summed E-state index contributed by atoms with van der Waals surface area (Å²) in [5.74, 6) is 1.16. The van der Waals surface area contributed by atoms with Gasteiger partial charge in [-0.2, -0.15) is 0 Å². The highest BCUT2D eigenvalue weighted by atomic mass is 16.3. The van der Waals surface area contributed by atoms with E-state index >= 15 is 0 Å². The van der Waals surface area contributed by atoms with E-state index < -0.39 is 0 Å². The molecule has 2 fully saturated rings. The topological polar surface area (TPSA) is 40.5 Å². The van der Waals surface area contributed by atoms with Gasteiger partial charge < -0.3 is 10.2 Å². The van der Waals surface area contributed by atoms with Crippen molar-refractivity contribution in [2.45, 2.75) is 63.6 Å². The van der Waals surface area contributed by atoms with Crippen LogP contribution in [-0.2, 0) is 0 Å². The van der Waals surface area contributed by atoms with Gasteiger partial charge in [-0.05, 0) is 50.4 Å². The Kier molecular flexibility index (Phi) is 7.29. The number of rotatable bonds is 2. The molecule has 0 amide bonds. The number of aliphatic hydroxyl groups is 2. The van der Waals surface area contributed by atoms with Crippen LogP contribution in [0.1, 0.15) is 51.4 Å². The van der Waals surface area contributed by atoms with Crippen molar-refractivity contribution >= 4 is 0 Å². The van der Waals surface area contributed by atoms with Crippen molar-refractivity contribution in [3.05, 3.63) is 25.3 Å². The van der Waals surface area contributed by atoms with Gasteiger partial charge >= 0.3 is 0 Å². The first-order valence-corrected chi connectivity index (χ1v) is 7.27. The minimum absolute atomic E-state index is 0.0539. The van der Waals surface area contributed by atoms with Gasteiger partial charge in [-0.15, -0.1) is 13.2 Å². The van der Waals surface area contributed by atoms with Gasteiger partial charge in [0.25, 0.3) is 0 Å². The Bertz CT molecular complexity index is 223.